The second-order valence-corrected chi connectivity index (χ2v) is 5.60. The number of rotatable bonds is 7. The zero-order valence-electron chi connectivity index (χ0n) is 14.0. The van der Waals surface area contributed by atoms with E-state index in [9.17, 15) is 9.18 Å². The molecular formula is C21H18FNO3. The van der Waals surface area contributed by atoms with E-state index in [1.807, 2.05) is 18.2 Å². The number of halogens is 1. The minimum absolute atomic E-state index is 0.0849. The first-order valence-corrected chi connectivity index (χ1v) is 8.14. The molecule has 0 aliphatic carbocycles. The SMILES string of the molecule is O=C(COc1ccccc1)Nc1cccc(OCc2cccc(F)c2)c1. The number of amides is 1. The molecule has 0 unspecified atom stereocenters. The number of hydrogen-bond donors (Lipinski definition) is 1. The lowest BCUT2D eigenvalue weighted by Crippen LogP contribution is -2.20. The first-order chi connectivity index (χ1) is 12.7. The molecule has 3 aromatic carbocycles. The van der Waals surface area contributed by atoms with Crippen LogP contribution in [0.1, 0.15) is 5.56 Å². The Hall–Kier alpha value is -3.34. The maximum atomic E-state index is 13.2. The Labute approximate surface area is 151 Å². The molecule has 0 saturated carbocycles. The monoisotopic (exact) mass is 351 g/mol. The topological polar surface area (TPSA) is 47.6 Å². The predicted octanol–water partition coefficient (Wildman–Crippen LogP) is 4.42. The first-order valence-electron chi connectivity index (χ1n) is 8.14. The highest BCUT2D eigenvalue weighted by atomic mass is 19.1. The number of benzene rings is 3. The van der Waals surface area contributed by atoms with Crippen molar-refractivity contribution in [3.05, 3.63) is 90.2 Å². The molecule has 3 aromatic rings. The van der Waals surface area contributed by atoms with Crippen molar-refractivity contribution < 1.29 is 18.7 Å². The lowest BCUT2D eigenvalue weighted by Gasteiger charge is -2.10. The van der Waals surface area contributed by atoms with Gasteiger partial charge >= 0.3 is 0 Å². The van der Waals surface area contributed by atoms with Gasteiger partial charge in [0.05, 0.1) is 0 Å². The third-order valence-corrected chi connectivity index (χ3v) is 3.53. The fourth-order valence-corrected chi connectivity index (χ4v) is 2.32. The summed E-state index contributed by atoms with van der Waals surface area (Å²) in [6, 6.07) is 22.4. The van der Waals surface area contributed by atoms with Gasteiger partial charge in [0.25, 0.3) is 5.91 Å². The Balaban J connectivity index is 1.52. The highest BCUT2D eigenvalue weighted by Crippen LogP contribution is 2.19. The zero-order valence-corrected chi connectivity index (χ0v) is 14.0. The molecule has 0 aromatic heterocycles. The Morgan fingerprint density at radius 2 is 1.62 bits per heavy atom. The number of hydrogen-bond acceptors (Lipinski definition) is 3. The minimum Gasteiger partial charge on any atom is -0.489 e. The van der Waals surface area contributed by atoms with Crippen molar-refractivity contribution in [3.8, 4) is 11.5 Å². The van der Waals surface area contributed by atoms with Crippen molar-refractivity contribution in [2.75, 3.05) is 11.9 Å². The van der Waals surface area contributed by atoms with Crippen molar-refractivity contribution in [3.63, 3.8) is 0 Å². The second-order valence-electron chi connectivity index (χ2n) is 5.60. The number of ether oxygens (including phenoxy) is 2. The third-order valence-electron chi connectivity index (χ3n) is 3.53. The number of para-hydroxylation sites is 1. The van der Waals surface area contributed by atoms with Crippen molar-refractivity contribution >= 4 is 11.6 Å². The summed E-state index contributed by atoms with van der Waals surface area (Å²) in [5, 5.41) is 2.76. The van der Waals surface area contributed by atoms with Gasteiger partial charge in [0.2, 0.25) is 0 Å². The summed E-state index contributed by atoms with van der Waals surface area (Å²) in [6.07, 6.45) is 0. The summed E-state index contributed by atoms with van der Waals surface area (Å²) in [6.45, 7) is 0.157. The molecule has 0 radical (unpaired) electrons. The molecule has 3 rings (SSSR count). The fraction of sp³-hybridized carbons (Fsp3) is 0.0952. The maximum absolute atomic E-state index is 13.2. The van der Waals surface area contributed by atoms with Gasteiger partial charge in [0.1, 0.15) is 23.9 Å². The van der Waals surface area contributed by atoms with Crippen LogP contribution >= 0.6 is 0 Å². The zero-order chi connectivity index (χ0) is 18.2. The average molecular weight is 351 g/mol. The molecule has 0 aliphatic rings. The largest absolute Gasteiger partial charge is 0.489 e. The smallest absolute Gasteiger partial charge is 0.262 e. The molecule has 0 atom stereocenters. The third kappa shape index (κ3) is 5.34. The second kappa shape index (κ2) is 8.67. The van der Waals surface area contributed by atoms with Crippen LogP contribution in [0.4, 0.5) is 10.1 Å². The molecule has 0 spiro atoms. The van der Waals surface area contributed by atoms with Gasteiger partial charge in [-0.2, -0.15) is 0 Å². The van der Waals surface area contributed by atoms with E-state index in [1.54, 1.807) is 48.5 Å². The van der Waals surface area contributed by atoms with E-state index >= 15 is 0 Å². The van der Waals surface area contributed by atoms with Crippen LogP contribution in [-0.2, 0) is 11.4 Å². The van der Waals surface area contributed by atoms with Crippen molar-refractivity contribution in [2.24, 2.45) is 0 Å². The van der Waals surface area contributed by atoms with Gasteiger partial charge in [0.15, 0.2) is 6.61 Å². The minimum atomic E-state index is -0.300. The highest BCUT2D eigenvalue weighted by Gasteiger charge is 2.05. The van der Waals surface area contributed by atoms with E-state index in [2.05, 4.69) is 5.32 Å². The summed E-state index contributed by atoms with van der Waals surface area (Å²) in [5.41, 5.74) is 1.33. The molecule has 0 heterocycles. The highest BCUT2D eigenvalue weighted by molar-refractivity contribution is 5.92. The van der Waals surface area contributed by atoms with Gasteiger partial charge in [-0.05, 0) is 42.0 Å². The average Bonchev–Trinajstić information content (AvgIpc) is 2.66. The van der Waals surface area contributed by atoms with Crippen molar-refractivity contribution in [2.45, 2.75) is 6.61 Å². The van der Waals surface area contributed by atoms with Crippen LogP contribution in [0.2, 0.25) is 0 Å². The quantitative estimate of drug-likeness (QED) is 0.685. The molecule has 0 bridgehead atoms. The van der Waals surface area contributed by atoms with Gasteiger partial charge in [-0.1, -0.05) is 36.4 Å². The Morgan fingerprint density at radius 1 is 0.846 bits per heavy atom. The molecule has 4 nitrogen and oxygen atoms in total. The van der Waals surface area contributed by atoms with Crippen molar-refractivity contribution in [1.82, 2.24) is 0 Å². The maximum Gasteiger partial charge on any atom is 0.262 e. The molecule has 26 heavy (non-hydrogen) atoms. The van der Waals surface area contributed by atoms with Gasteiger partial charge < -0.3 is 14.8 Å². The van der Waals surface area contributed by atoms with Gasteiger partial charge in [-0.3, -0.25) is 4.79 Å². The number of anilines is 1. The van der Waals surface area contributed by atoms with E-state index in [-0.39, 0.29) is 24.9 Å². The van der Waals surface area contributed by atoms with E-state index in [0.29, 0.717) is 17.2 Å². The molecule has 132 valence electrons. The lowest BCUT2D eigenvalue weighted by atomic mass is 10.2. The van der Waals surface area contributed by atoms with Crippen LogP contribution in [0, 0.1) is 5.82 Å². The summed E-state index contributed by atoms with van der Waals surface area (Å²) >= 11 is 0. The van der Waals surface area contributed by atoms with Crippen LogP contribution in [0.5, 0.6) is 11.5 Å². The molecular weight excluding hydrogens is 333 g/mol. The van der Waals surface area contributed by atoms with Gasteiger partial charge in [-0.15, -0.1) is 0 Å². The van der Waals surface area contributed by atoms with Crippen LogP contribution in [-0.4, -0.2) is 12.5 Å². The van der Waals surface area contributed by atoms with Gasteiger partial charge in [-0.25, -0.2) is 4.39 Å². The molecule has 0 saturated heterocycles. The van der Waals surface area contributed by atoms with Crippen molar-refractivity contribution in [1.29, 1.82) is 0 Å². The molecule has 1 N–H and O–H groups in total. The van der Waals surface area contributed by atoms with Crippen LogP contribution < -0.4 is 14.8 Å². The van der Waals surface area contributed by atoms with Gasteiger partial charge in [0, 0.05) is 11.8 Å². The van der Waals surface area contributed by atoms with E-state index in [4.69, 9.17) is 9.47 Å². The Kier molecular flexibility index (Phi) is 5.83. The fourth-order valence-electron chi connectivity index (χ4n) is 2.32. The number of carbonyl (C=O) groups excluding carboxylic acids is 1. The van der Waals surface area contributed by atoms with Crippen LogP contribution in [0.3, 0.4) is 0 Å². The number of nitrogens with one attached hydrogen (secondary N) is 1. The summed E-state index contributed by atoms with van der Waals surface area (Å²) < 4.78 is 24.2. The first kappa shape index (κ1) is 17.5. The summed E-state index contributed by atoms with van der Waals surface area (Å²) in [4.78, 5) is 12.0. The predicted molar refractivity (Wildman–Crippen MR) is 97.7 cm³/mol. The van der Waals surface area contributed by atoms with E-state index in [1.165, 1.54) is 12.1 Å². The normalized spacial score (nSPS) is 10.2. The van der Waals surface area contributed by atoms with Crippen LogP contribution in [0.15, 0.2) is 78.9 Å². The Bertz CT molecular complexity index is 868. The standard InChI is InChI=1S/C21H18FNO3/c22-17-7-4-6-16(12-17)14-25-20-11-5-8-18(13-20)23-21(24)15-26-19-9-2-1-3-10-19/h1-13H,14-15H2,(H,23,24). The Morgan fingerprint density at radius 3 is 2.42 bits per heavy atom. The van der Waals surface area contributed by atoms with Crippen LogP contribution in [0.25, 0.3) is 0 Å². The lowest BCUT2D eigenvalue weighted by molar-refractivity contribution is -0.118. The number of carbonyl (C=O) groups is 1. The molecule has 1 amide bonds. The van der Waals surface area contributed by atoms with E-state index in [0.717, 1.165) is 5.56 Å². The summed E-state index contributed by atoms with van der Waals surface area (Å²) in [7, 11) is 0. The molecule has 0 fully saturated rings. The molecule has 0 aliphatic heterocycles. The summed E-state index contributed by atoms with van der Waals surface area (Å²) in [5.74, 6) is 0.646. The van der Waals surface area contributed by atoms with E-state index < -0.39 is 0 Å². The molecule has 5 heteroatoms.